The van der Waals surface area contributed by atoms with E-state index in [0.717, 1.165) is 32.1 Å². The van der Waals surface area contributed by atoms with E-state index in [9.17, 15) is 9.90 Å². The number of carbonyl (C=O) groups excluding carboxylic acids is 1. The van der Waals surface area contributed by atoms with Crippen molar-refractivity contribution in [1.29, 1.82) is 0 Å². The van der Waals surface area contributed by atoms with Crippen LogP contribution in [0, 0.1) is 11.3 Å². The number of cyclic esters (lactones) is 1. The van der Waals surface area contributed by atoms with Gasteiger partial charge in [-0.2, -0.15) is 0 Å². The van der Waals surface area contributed by atoms with E-state index in [2.05, 4.69) is 18.2 Å². The first-order valence-electron chi connectivity index (χ1n) is 9.00. The molecular weight excluding hydrogens is 288 g/mol. The van der Waals surface area contributed by atoms with Gasteiger partial charge in [0.25, 0.3) is 0 Å². The molecule has 23 heavy (non-hydrogen) atoms. The van der Waals surface area contributed by atoms with Crippen LogP contribution in [0.15, 0.2) is 18.2 Å². The number of aliphatic hydroxyl groups is 1. The number of benzene rings is 1. The summed E-state index contributed by atoms with van der Waals surface area (Å²) in [7, 11) is 0. The Kier molecular flexibility index (Phi) is 3.72. The van der Waals surface area contributed by atoms with Crippen LogP contribution in [-0.4, -0.2) is 23.8 Å². The molecule has 1 aromatic rings. The number of aliphatic hydroxyl groups excluding tert-OH is 1. The predicted molar refractivity (Wildman–Crippen MR) is 88.2 cm³/mol. The minimum atomic E-state index is -0.211. The quantitative estimate of drug-likeness (QED) is 0.851. The molecule has 1 saturated heterocycles. The van der Waals surface area contributed by atoms with E-state index < -0.39 is 0 Å². The van der Waals surface area contributed by atoms with Gasteiger partial charge in [-0.3, -0.25) is 4.79 Å². The van der Waals surface area contributed by atoms with E-state index >= 15 is 0 Å². The Hall–Kier alpha value is -1.35. The number of ether oxygens (including phenoxy) is 1. The molecule has 3 heteroatoms. The highest BCUT2D eigenvalue weighted by atomic mass is 16.5. The van der Waals surface area contributed by atoms with Crippen molar-refractivity contribution >= 4 is 5.97 Å². The van der Waals surface area contributed by atoms with Crippen molar-refractivity contribution in [3.63, 3.8) is 0 Å². The summed E-state index contributed by atoms with van der Waals surface area (Å²) in [6.45, 7) is 2.54. The number of aryl methyl sites for hydroxylation is 1. The standard InChI is InChI=1S/C20H26O3/c1-13(21)14-2-3-16-9-17(5-4-15(16)8-14)18-6-7-20(10-18)11-19(22)23-12-20/h4-5,9,13-14,18,21H,2-3,6-8,10-12H2,1H3/t13?,14-,18+,20+/m1/s1. The van der Waals surface area contributed by atoms with Crippen LogP contribution in [-0.2, 0) is 22.4 Å². The number of hydrogen-bond donors (Lipinski definition) is 1. The molecule has 3 aliphatic rings. The lowest BCUT2D eigenvalue weighted by Crippen LogP contribution is -2.24. The van der Waals surface area contributed by atoms with Crippen molar-refractivity contribution in [2.24, 2.45) is 11.3 Å². The summed E-state index contributed by atoms with van der Waals surface area (Å²) < 4.78 is 5.24. The predicted octanol–water partition coefficient (Wildman–Crippen LogP) is 3.37. The van der Waals surface area contributed by atoms with Crippen molar-refractivity contribution in [3.8, 4) is 0 Å². The molecule has 1 saturated carbocycles. The monoisotopic (exact) mass is 314 g/mol. The molecule has 0 aromatic heterocycles. The summed E-state index contributed by atoms with van der Waals surface area (Å²) in [6.07, 6.45) is 6.96. The van der Waals surface area contributed by atoms with E-state index in [-0.39, 0.29) is 17.5 Å². The van der Waals surface area contributed by atoms with E-state index in [1.165, 1.54) is 23.1 Å². The first-order valence-corrected chi connectivity index (χ1v) is 9.00. The van der Waals surface area contributed by atoms with Gasteiger partial charge in [0, 0.05) is 5.41 Å². The van der Waals surface area contributed by atoms with Crippen LogP contribution >= 0.6 is 0 Å². The third-order valence-corrected chi connectivity index (χ3v) is 6.41. The molecule has 0 amide bonds. The van der Waals surface area contributed by atoms with Gasteiger partial charge in [-0.15, -0.1) is 0 Å². The molecule has 1 aromatic carbocycles. The summed E-state index contributed by atoms with van der Waals surface area (Å²) in [5.74, 6) is 0.967. The van der Waals surface area contributed by atoms with Gasteiger partial charge in [0.1, 0.15) is 0 Å². The van der Waals surface area contributed by atoms with Crippen LogP contribution in [0.5, 0.6) is 0 Å². The van der Waals surface area contributed by atoms with Gasteiger partial charge in [0.15, 0.2) is 0 Å². The van der Waals surface area contributed by atoms with Crippen LogP contribution in [0.25, 0.3) is 0 Å². The van der Waals surface area contributed by atoms with Crippen molar-refractivity contribution < 1.29 is 14.6 Å². The van der Waals surface area contributed by atoms with Crippen LogP contribution in [0.3, 0.4) is 0 Å². The van der Waals surface area contributed by atoms with Crippen LogP contribution in [0.2, 0.25) is 0 Å². The molecule has 1 spiro atoms. The summed E-state index contributed by atoms with van der Waals surface area (Å²) >= 11 is 0. The van der Waals surface area contributed by atoms with Crippen molar-refractivity contribution in [2.45, 2.75) is 63.9 Å². The minimum absolute atomic E-state index is 0.0137. The lowest BCUT2D eigenvalue weighted by atomic mass is 9.79. The van der Waals surface area contributed by atoms with E-state index in [4.69, 9.17) is 4.74 Å². The van der Waals surface area contributed by atoms with Gasteiger partial charge in [-0.05, 0) is 74.0 Å². The van der Waals surface area contributed by atoms with Crippen molar-refractivity contribution in [1.82, 2.24) is 0 Å². The maximum atomic E-state index is 11.5. The lowest BCUT2D eigenvalue weighted by Gasteiger charge is -2.27. The molecule has 0 bridgehead atoms. The van der Waals surface area contributed by atoms with Crippen LogP contribution < -0.4 is 0 Å². The van der Waals surface area contributed by atoms with Crippen molar-refractivity contribution in [3.05, 3.63) is 34.9 Å². The Balaban J connectivity index is 1.50. The van der Waals surface area contributed by atoms with Crippen LogP contribution in [0.4, 0.5) is 0 Å². The zero-order chi connectivity index (χ0) is 16.0. The second-order valence-electron chi connectivity index (χ2n) is 8.05. The molecule has 4 atom stereocenters. The van der Waals surface area contributed by atoms with Gasteiger partial charge >= 0.3 is 5.97 Å². The average Bonchev–Trinajstić information content (AvgIpc) is 3.12. The molecule has 0 radical (unpaired) electrons. The first-order chi connectivity index (χ1) is 11.0. The maximum absolute atomic E-state index is 11.5. The molecule has 124 valence electrons. The highest BCUT2D eigenvalue weighted by molar-refractivity contribution is 5.72. The minimum Gasteiger partial charge on any atom is -0.465 e. The smallest absolute Gasteiger partial charge is 0.306 e. The molecule has 3 nitrogen and oxygen atoms in total. The van der Waals surface area contributed by atoms with Gasteiger partial charge in [-0.25, -0.2) is 0 Å². The maximum Gasteiger partial charge on any atom is 0.306 e. The molecule has 1 unspecified atom stereocenters. The van der Waals surface area contributed by atoms with Gasteiger partial charge < -0.3 is 9.84 Å². The Morgan fingerprint density at radius 1 is 1.30 bits per heavy atom. The molecule has 2 fully saturated rings. The third-order valence-electron chi connectivity index (χ3n) is 6.41. The fraction of sp³-hybridized carbons (Fsp3) is 0.650. The zero-order valence-corrected chi connectivity index (χ0v) is 13.9. The summed E-state index contributed by atoms with van der Waals surface area (Å²) in [6, 6.07) is 6.96. The second kappa shape index (κ2) is 5.62. The lowest BCUT2D eigenvalue weighted by molar-refractivity contribution is -0.137. The SMILES string of the molecule is CC(O)[C@@H]1CCc2cc([C@H]3CC[C@]4(COC(=O)C4)C3)ccc2C1. The average molecular weight is 314 g/mol. The third kappa shape index (κ3) is 2.80. The van der Waals surface area contributed by atoms with E-state index in [1.807, 2.05) is 6.92 Å². The van der Waals surface area contributed by atoms with Gasteiger partial charge in [-0.1, -0.05) is 18.2 Å². The normalized spacial score (nSPS) is 34.4. The molecule has 1 heterocycles. The Labute approximate surface area is 138 Å². The second-order valence-corrected chi connectivity index (χ2v) is 8.05. The highest BCUT2D eigenvalue weighted by Crippen LogP contribution is 2.51. The zero-order valence-electron chi connectivity index (χ0n) is 13.9. The molecule has 1 N–H and O–H groups in total. The molecule has 2 aliphatic carbocycles. The highest BCUT2D eigenvalue weighted by Gasteiger charge is 2.46. The molecule has 1 aliphatic heterocycles. The van der Waals surface area contributed by atoms with E-state index in [1.54, 1.807) is 0 Å². The summed E-state index contributed by atoms with van der Waals surface area (Å²) in [4.78, 5) is 11.5. The first kappa shape index (κ1) is 15.2. The summed E-state index contributed by atoms with van der Waals surface area (Å²) in [5.41, 5.74) is 4.45. The largest absolute Gasteiger partial charge is 0.465 e. The fourth-order valence-electron chi connectivity index (χ4n) is 4.89. The van der Waals surface area contributed by atoms with Crippen molar-refractivity contribution in [2.75, 3.05) is 6.61 Å². The van der Waals surface area contributed by atoms with E-state index in [0.29, 0.717) is 24.9 Å². The molecule has 4 rings (SSSR count). The number of fused-ring (bicyclic) bond motifs is 1. The van der Waals surface area contributed by atoms with Gasteiger partial charge in [0.05, 0.1) is 19.1 Å². The van der Waals surface area contributed by atoms with Crippen LogP contribution in [0.1, 0.15) is 61.6 Å². The number of esters is 1. The fourth-order valence-corrected chi connectivity index (χ4v) is 4.89. The number of hydrogen-bond acceptors (Lipinski definition) is 3. The number of rotatable bonds is 2. The Morgan fingerprint density at radius 2 is 2.17 bits per heavy atom. The van der Waals surface area contributed by atoms with Gasteiger partial charge in [0.2, 0.25) is 0 Å². The Morgan fingerprint density at radius 3 is 2.91 bits per heavy atom. The molecular formula is C20H26O3. The number of carbonyl (C=O) groups is 1. The Bertz CT molecular complexity index is 621. The summed E-state index contributed by atoms with van der Waals surface area (Å²) in [5, 5.41) is 9.83. The topological polar surface area (TPSA) is 46.5 Å².